The minimum absolute atomic E-state index is 0.0406. The van der Waals surface area contributed by atoms with Crippen LogP contribution >= 0.6 is 0 Å². The second kappa shape index (κ2) is 11.7. The number of sulfonamides is 1. The number of nitrogens with two attached hydrogens (primary N) is 1. The lowest BCUT2D eigenvalue weighted by atomic mass is 10.1. The van der Waals surface area contributed by atoms with E-state index in [1.54, 1.807) is 18.6 Å². The Balaban J connectivity index is 1.61. The van der Waals surface area contributed by atoms with Crippen molar-refractivity contribution in [3.8, 4) is 0 Å². The molecule has 35 heavy (non-hydrogen) atoms. The molecule has 0 bridgehead atoms. The number of nitrogen functional groups attached to an aromatic ring is 1. The van der Waals surface area contributed by atoms with Gasteiger partial charge in [0.2, 0.25) is 11.0 Å². The number of nitrogens with zero attached hydrogens (tertiary/aromatic N) is 4. The number of nitrogens with one attached hydrogen (secondary N) is 2. The Kier molecular flexibility index (Phi) is 8.98. The van der Waals surface area contributed by atoms with E-state index in [1.807, 2.05) is 33.0 Å². The predicted molar refractivity (Wildman–Crippen MR) is 141 cm³/mol. The number of aliphatic imine (C=N–C) groups is 1. The highest BCUT2D eigenvalue weighted by atomic mass is 32.2. The Morgan fingerprint density at radius 1 is 1.17 bits per heavy atom. The fraction of sp³-hybridized carbons (Fsp3) is 0.480. The lowest BCUT2D eigenvalue weighted by Crippen LogP contribution is -2.36. The SMILES string of the molecule is CCCCCNc1nc(N)nc(C)c1CCC[N+]1(C)C=NC(S(=O)(=O)NCc2[c]cccc2C)=C1. The van der Waals surface area contributed by atoms with Crippen LogP contribution in [0.5, 0.6) is 0 Å². The van der Waals surface area contributed by atoms with Gasteiger partial charge in [0.1, 0.15) is 12.0 Å². The van der Waals surface area contributed by atoms with E-state index in [9.17, 15) is 8.42 Å². The molecule has 9 nitrogen and oxygen atoms in total. The first-order chi connectivity index (χ1) is 16.6. The van der Waals surface area contributed by atoms with E-state index in [0.29, 0.717) is 11.0 Å². The van der Waals surface area contributed by atoms with Gasteiger partial charge in [-0.05, 0) is 43.9 Å². The van der Waals surface area contributed by atoms with Crippen LogP contribution in [0.2, 0.25) is 0 Å². The fourth-order valence-electron chi connectivity index (χ4n) is 4.00. The Bertz CT molecular complexity index is 1190. The molecule has 0 saturated carbocycles. The summed E-state index contributed by atoms with van der Waals surface area (Å²) in [6, 6.07) is 8.66. The molecule has 1 aromatic carbocycles. The van der Waals surface area contributed by atoms with Crippen molar-refractivity contribution in [1.29, 1.82) is 0 Å². The molecular formula is C25H37N7O2S+. The highest BCUT2D eigenvalue weighted by Crippen LogP contribution is 2.23. The molecule has 0 fully saturated rings. The summed E-state index contributed by atoms with van der Waals surface area (Å²) in [4.78, 5) is 13.0. The van der Waals surface area contributed by atoms with Gasteiger partial charge in [0.05, 0.1) is 13.6 Å². The van der Waals surface area contributed by atoms with Crippen LogP contribution in [0, 0.1) is 19.9 Å². The standard InChI is InChI=1S/C25H37N7O2S/c1-5-6-9-14-27-24-22(20(3)30-25(26)31-24)13-10-15-32(4)17-23(28-18-32)35(33,34)29-16-21-12-8-7-11-19(21)2/h7-8,11,17-18,29H,5-6,9-10,13-16H2,1-4H3,(H3,26,27,30,31)/q+1. The summed E-state index contributed by atoms with van der Waals surface area (Å²) in [5, 5.41) is 3.45. The van der Waals surface area contributed by atoms with E-state index in [2.05, 4.69) is 38.0 Å². The molecule has 0 spiro atoms. The minimum Gasteiger partial charge on any atom is -0.370 e. The van der Waals surface area contributed by atoms with Crippen molar-refractivity contribution in [2.75, 3.05) is 31.2 Å². The number of quaternary nitrogens is 1. The summed E-state index contributed by atoms with van der Waals surface area (Å²) in [6.07, 6.45) is 8.29. The number of rotatable bonds is 13. The number of aryl methyl sites for hydroxylation is 2. The van der Waals surface area contributed by atoms with E-state index in [4.69, 9.17) is 5.73 Å². The molecule has 1 atom stereocenters. The quantitative estimate of drug-likeness (QED) is 0.287. The topological polar surface area (TPSA) is 122 Å². The molecule has 2 heterocycles. The summed E-state index contributed by atoms with van der Waals surface area (Å²) >= 11 is 0. The van der Waals surface area contributed by atoms with E-state index < -0.39 is 10.0 Å². The average molecular weight is 500 g/mol. The number of hydrogen-bond donors (Lipinski definition) is 3. The second-order valence-corrected chi connectivity index (χ2v) is 10.9. The molecule has 1 radical (unpaired) electrons. The van der Waals surface area contributed by atoms with Gasteiger partial charge in [0.25, 0.3) is 10.0 Å². The van der Waals surface area contributed by atoms with Crippen LogP contribution in [-0.2, 0) is 23.0 Å². The zero-order valence-corrected chi connectivity index (χ0v) is 22.0. The zero-order valence-electron chi connectivity index (χ0n) is 21.1. The molecule has 0 saturated heterocycles. The highest BCUT2D eigenvalue weighted by Gasteiger charge is 2.31. The van der Waals surface area contributed by atoms with E-state index in [1.165, 1.54) is 0 Å². The van der Waals surface area contributed by atoms with Gasteiger partial charge in [-0.1, -0.05) is 38.0 Å². The van der Waals surface area contributed by atoms with Crippen molar-refractivity contribution in [3.63, 3.8) is 0 Å². The van der Waals surface area contributed by atoms with Gasteiger partial charge in [-0.2, -0.15) is 9.98 Å². The average Bonchev–Trinajstić information content (AvgIpc) is 3.21. The summed E-state index contributed by atoms with van der Waals surface area (Å²) < 4.78 is 28.6. The minimum atomic E-state index is -3.72. The van der Waals surface area contributed by atoms with Gasteiger partial charge in [0.15, 0.2) is 6.34 Å². The first kappa shape index (κ1) is 26.8. The molecule has 1 aliphatic heterocycles. The maximum atomic E-state index is 12.8. The van der Waals surface area contributed by atoms with Crippen molar-refractivity contribution < 1.29 is 12.9 Å². The molecular weight excluding hydrogens is 462 g/mol. The van der Waals surface area contributed by atoms with Gasteiger partial charge in [-0.3, -0.25) is 4.48 Å². The second-order valence-electron chi connectivity index (χ2n) is 9.17. The normalized spacial score (nSPS) is 17.5. The molecule has 0 amide bonds. The van der Waals surface area contributed by atoms with Gasteiger partial charge in [-0.15, -0.1) is 0 Å². The van der Waals surface area contributed by atoms with Gasteiger partial charge in [-0.25, -0.2) is 18.1 Å². The fourth-order valence-corrected chi connectivity index (χ4v) is 5.05. The van der Waals surface area contributed by atoms with Crippen LogP contribution in [0.3, 0.4) is 0 Å². The Morgan fingerprint density at radius 2 is 1.97 bits per heavy atom. The van der Waals surface area contributed by atoms with E-state index >= 15 is 0 Å². The van der Waals surface area contributed by atoms with E-state index in [0.717, 1.165) is 66.9 Å². The number of anilines is 2. The molecule has 0 aliphatic carbocycles. The summed E-state index contributed by atoms with van der Waals surface area (Å²) in [7, 11) is -1.78. The van der Waals surface area contributed by atoms with Crippen molar-refractivity contribution in [1.82, 2.24) is 14.7 Å². The van der Waals surface area contributed by atoms with Crippen LogP contribution in [-0.4, -0.2) is 49.3 Å². The Labute approximate surface area is 209 Å². The smallest absolute Gasteiger partial charge is 0.263 e. The molecule has 1 unspecified atom stereocenters. The molecule has 1 aliphatic rings. The summed E-state index contributed by atoms with van der Waals surface area (Å²) in [6.45, 7) is 7.76. The molecule has 2 aromatic rings. The molecule has 189 valence electrons. The number of benzene rings is 1. The monoisotopic (exact) mass is 499 g/mol. The molecule has 1 aromatic heterocycles. The summed E-state index contributed by atoms with van der Waals surface area (Å²) in [5.74, 6) is 1.06. The Morgan fingerprint density at radius 3 is 2.71 bits per heavy atom. The van der Waals surface area contributed by atoms with Crippen LogP contribution in [0.4, 0.5) is 11.8 Å². The van der Waals surface area contributed by atoms with Crippen LogP contribution in [0.1, 0.15) is 55.0 Å². The first-order valence-electron chi connectivity index (χ1n) is 12.1. The lowest BCUT2D eigenvalue weighted by Gasteiger charge is -2.22. The highest BCUT2D eigenvalue weighted by molar-refractivity contribution is 7.93. The maximum Gasteiger partial charge on any atom is 0.263 e. The molecule has 10 heteroatoms. The first-order valence-corrected chi connectivity index (χ1v) is 13.6. The third-order valence-corrected chi connectivity index (χ3v) is 7.40. The number of unbranched alkanes of at least 4 members (excludes halogenated alkanes) is 2. The van der Waals surface area contributed by atoms with Crippen LogP contribution in [0.25, 0.3) is 0 Å². The van der Waals surface area contributed by atoms with E-state index in [-0.39, 0.29) is 17.5 Å². The van der Waals surface area contributed by atoms with Crippen molar-refractivity contribution in [2.24, 2.45) is 4.99 Å². The Hall–Kier alpha value is -2.82. The maximum absolute atomic E-state index is 12.8. The van der Waals surface area contributed by atoms with Gasteiger partial charge < -0.3 is 11.1 Å². The van der Waals surface area contributed by atoms with Crippen molar-refractivity contribution >= 4 is 28.1 Å². The lowest BCUT2D eigenvalue weighted by molar-refractivity contribution is -0.756. The molecule has 4 N–H and O–H groups in total. The molecule has 3 rings (SSSR count). The largest absolute Gasteiger partial charge is 0.370 e. The predicted octanol–water partition coefficient (Wildman–Crippen LogP) is 3.42. The summed E-state index contributed by atoms with van der Waals surface area (Å²) in [5.41, 5.74) is 9.59. The van der Waals surface area contributed by atoms with Crippen LogP contribution in [0.15, 0.2) is 34.4 Å². The van der Waals surface area contributed by atoms with Gasteiger partial charge in [0, 0.05) is 30.8 Å². The third kappa shape index (κ3) is 7.33. The van der Waals surface area contributed by atoms with Crippen molar-refractivity contribution in [3.05, 3.63) is 57.9 Å². The zero-order chi connectivity index (χ0) is 25.5. The third-order valence-electron chi connectivity index (χ3n) is 6.12. The number of aromatic nitrogens is 2. The van der Waals surface area contributed by atoms with Crippen LogP contribution < -0.4 is 15.8 Å². The van der Waals surface area contributed by atoms with Crippen molar-refractivity contribution in [2.45, 2.75) is 59.4 Å². The number of hydrogen-bond acceptors (Lipinski definition) is 7. The van der Waals surface area contributed by atoms with Gasteiger partial charge >= 0.3 is 0 Å².